The fourth-order valence-corrected chi connectivity index (χ4v) is 1.93. The van der Waals surface area contributed by atoms with E-state index in [1.54, 1.807) is 17.0 Å². The molecule has 0 aliphatic rings. The lowest BCUT2D eigenvalue weighted by molar-refractivity contribution is -0.134. The lowest BCUT2D eigenvalue weighted by Gasteiger charge is -2.30. The molecule has 1 rings (SSSR count). The van der Waals surface area contributed by atoms with E-state index in [1.807, 2.05) is 20.8 Å². The van der Waals surface area contributed by atoms with Gasteiger partial charge < -0.3 is 10.6 Å². The van der Waals surface area contributed by atoms with Gasteiger partial charge in [-0.05, 0) is 38.0 Å². The van der Waals surface area contributed by atoms with Crippen LogP contribution in [0.1, 0.15) is 38.8 Å². The second kappa shape index (κ2) is 8.12. The minimum atomic E-state index is -0.465. The molecular weight excluding hydrogens is 267 g/mol. The summed E-state index contributed by atoms with van der Waals surface area (Å²) in [7, 11) is 0. The molecule has 108 valence electrons. The third kappa shape index (κ3) is 4.48. The second-order valence-corrected chi connectivity index (χ2v) is 4.37. The van der Waals surface area contributed by atoms with Crippen LogP contribution in [0.4, 0.5) is 4.39 Å². The molecule has 0 aromatic heterocycles. The van der Waals surface area contributed by atoms with Crippen LogP contribution in [0, 0.1) is 5.82 Å². The molecule has 0 fully saturated rings. The normalized spacial score (nSPS) is 13.3. The van der Waals surface area contributed by atoms with E-state index in [0.29, 0.717) is 13.0 Å². The van der Waals surface area contributed by atoms with Gasteiger partial charge in [0.25, 0.3) is 0 Å². The van der Waals surface area contributed by atoms with Gasteiger partial charge in [0.05, 0.1) is 12.1 Å². The molecule has 0 spiro atoms. The van der Waals surface area contributed by atoms with Crippen molar-refractivity contribution < 1.29 is 9.18 Å². The van der Waals surface area contributed by atoms with E-state index in [0.717, 1.165) is 5.56 Å². The van der Waals surface area contributed by atoms with E-state index in [2.05, 4.69) is 0 Å². The average molecular weight is 289 g/mol. The highest BCUT2D eigenvalue weighted by Crippen LogP contribution is 2.21. The zero-order chi connectivity index (χ0) is 13.7. The number of amides is 1. The second-order valence-electron chi connectivity index (χ2n) is 4.37. The number of likely N-dealkylation sites (N-methyl/N-ethyl adjacent to an activating group) is 1. The lowest BCUT2D eigenvalue weighted by Crippen LogP contribution is -2.44. The number of carbonyl (C=O) groups is 1. The molecule has 0 saturated carbocycles. The van der Waals surface area contributed by atoms with Gasteiger partial charge in [-0.1, -0.05) is 19.1 Å². The molecule has 3 nitrogen and oxygen atoms in total. The molecule has 1 aromatic carbocycles. The van der Waals surface area contributed by atoms with Crippen LogP contribution < -0.4 is 5.73 Å². The fraction of sp³-hybridized carbons (Fsp3) is 0.500. The molecule has 1 amide bonds. The lowest BCUT2D eigenvalue weighted by atomic mass is 10.1. The molecule has 1 unspecified atom stereocenters. The molecule has 2 atom stereocenters. The minimum absolute atomic E-state index is 0. The number of benzene rings is 1. The summed E-state index contributed by atoms with van der Waals surface area (Å²) in [4.78, 5) is 13.8. The Morgan fingerprint density at radius 1 is 1.32 bits per heavy atom. The summed E-state index contributed by atoms with van der Waals surface area (Å²) in [5.41, 5.74) is 6.69. The number of rotatable bonds is 5. The first-order valence-corrected chi connectivity index (χ1v) is 6.32. The third-order valence-corrected chi connectivity index (χ3v) is 3.20. The van der Waals surface area contributed by atoms with Crippen LogP contribution in [0.5, 0.6) is 0 Å². The largest absolute Gasteiger partial charge is 0.335 e. The van der Waals surface area contributed by atoms with Crippen LogP contribution in [0.2, 0.25) is 0 Å². The molecule has 0 aliphatic carbocycles. The molecule has 0 saturated heterocycles. The summed E-state index contributed by atoms with van der Waals surface area (Å²) < 4.78 is 12.9. The molecule has 1 aromatic rings. The first-order chi connectivity index (χ1) is 8.51. The summed E-state index contributed by atoms with van der Waals surface area (Å²) in [5.74, 6) is -0.331. The zero-order valence-corrected chi connectivity index (χ0v) is 12.4. The van der Waals surface area contributed by atoms with E-state index >= 15 is 0 Å². The van der Waals surface area contributed by atoms with Crippen molar-refractivity contribution in [2.45, 2.75) is 39.3 Å². The Balaban J connectivity index is 0.00000324. The highest BCUT2D eigenvalue weighted by Gasteiger charge is 2.23. The third-order valence-electron chi connectivity index (χ3n) is 3.20. The minimum Gasteiger partial charge on any atom is -0.335 e. The van der Waals surface area contributed by atoms with Gasteiger partial charge in [0, 0.05) is 6.54 Å². The van der Waals surface area contributed by atoms with Crippen LogP contribution >= 0.6 is 12.4 Å². The van der Waals surface area contributed by atoms with Crippen LogP contribution in [0.25, 0.3) is 0 Å². The SMILES string of the molecule is CC[C@H](N)C(=O)N(CC)C(C)c1ccc(F)cc1.Cl. The van der Waals surface area contributed by atoms with Gasteiger partial charge in [-0.25, -0.2) is 4.39 Å². The van der Waals surface area contributed by atoms with E-state index < -0.39 is 6.04 Å². The monoisotopic (exact) mass is 288 g/mol. The fourth-order valence-electron chi connectivity index (χ4n) is 1.93. The Labute approximate surface area is 120 Å². The highest BCUT2D eigenvalue weighted by atomic mass is 35.5. The summed E-state index contributed by atoms with van der Waals surface area (Å²) >= 11 is 0. The molecule has 5 heteroatoms. The Bertz CT molecular complexity index is 397. The Hall–Kier alpha value is -1.13. The van der Waals surface area contributed by atoms with Crippen LogP contribution in [-0.4, -0.2) is 23.4 Å². The summed E-state index contributed by atoms with van der Waals surface area (Å²) in [6.45, 7) is 6.32. The molecule has 19 heavy (non-hydrogen) atoms. The Morgan fingerprint density at radius 3 is 2.26 bits per heavy atom. The summed E-state index contributed by atoms with van der Waals surface area (Å²) in [6, 6.07) is 5.66. The van der Waals surface area contributed by atoms with Crippen LogP contribution in [0.15, 0.2) is 24.3 Å². The van der Waals surface area contributed by atoms with E-state index in [9.17, 15) is 9.18 Å². The average Bonchev–Trinajstić information content (AvgIpc) is 2.39. The predicted molar refractivity (Wildman–Crippen MR) is 77.7 cm³/mol. The van der Waals surface area contributed by atoms with Crippen molar-refractivity contribution in [3.63, 3.8) is 0 Å². The topological polar surface area (TPSA) is 46.3 Å². The van der Waals surface area contributed by atoms with Crippen molar-refractivity contribution in [3.05, 3.63) is 35.6 Å². The van der Waals surface area contributed by atoms with Crippen molar-refractivity contribution in [2.24, 2.45) is 5.73 Å². The zero-order valence-electron chi connectivity index (χ0n) is 11.6. The van der Waals surface area contributed by atoms with Gasteiger partial charge >= 0.3 is 0 Å². The Kier molecular flexibility index (Phi) is 7.64. The van der Waals surface area contributed by atoms with Gasteiger partial charge in [0.2, 0.25) is 5.91 Å². The molecule has 0 radical (unpaired) electrons. The molecule has 0 aliphatic heterocycles. The van der Waals surface area contributed by atoms with Crippen LogP contribution in [0.3, 0.4) is 0 Å². The number of nitrogens with two attached hydrogens (primary N) is 1. The number of carbonyl (C=O) groups excluding carboxylic acids is 1. The maximum absolute atomic E-state index is 12.9. The van der Waals surface area contributed by atoms with Crippen LogP contribution in [-0.2, 0) is 4.79 Å². The van der Waals surface area contributed by atoms with Gasteiger partial charge in [0.15, 0.2) is 0 Å². The summed E-state index contributed by atoms with van der Waals surface area (Å²) in [5, 5.41) is 0. The van der Waals surface area contributed by atoms with Gasteiger partial charge in [-0.2, -0.15) is 0 Å². The van der Waals surface area contributed by atoms with E-state index in [4.69, 9.17) is 5.73 Å². The number of hydrogen-bond acceptors (Lipinski definition) is 2. The van der Waals surface area contributed by atoms with Crippen molar-refractivity contribution >= 4 is 18.3 Å². The van der Waals surface area contributed by atoms with E-state index in [-0.39, 0.29) is 30.2 Å². The maximum Gasteiger partial charge on any atom is 0.239 e. The number of halogens is 2. The molecule has 2 N–H and O–H groups in total. The van der Waals surface area contributed by atoms with Gasteiger partial charge in [-0.15, -0.1) is 12.4 Å². The Morgan fingerprint density at radius 2 is 1.84 bits per heavy atom. The predicted octanol–water partition coefficient (Wildman–Crippen LogP) is 2.89. The number of hydrogen-bond donors (Lipinski definition) is 1. The smallest absolute Gasteiger partial charge is 0.239 e. The van der Waals surface area contributed by atoms with Crippen molar-refractivity contribution in [3.8, 4) is 0 Å². The standard InChI is InChI=1S/C14H21FN2O.ClH/c1-4-13(16)14(18)17(5-2)10(3)11-6-8-12(15)9-7-11;/h6-10,13H,4-5,16H2,1-3H3;1H/t10?,13-;/m0./s1. The van der Waals surface area contributed by atoms with Gasteiger partial charge in [0.1, 0.15) is 5.82 Å². The van der Waals surface area contributed by atoms with E-state index in [1.165, 1.54) is 12.1 Å². The first kappa shape index (κ1) is 17.9. The molecule has 0 heterocycles. The highest BCUT2D eigenvalue weighted by molar-refractivity contribution is 5.85. The van der Waals surface area contributed by atoms with Gasteiger partial charge in [-0.3, -0.25) is 4.79 Å². The quantitative estimate of drug-likeness (QED) is 0.905. The molecule has 0 bridgehead atoms. The van der Waals surface area contributed by atoms with Crippen molar-refractivity contribution in [1.29, 1.82) is 0 Å². The molecular formula is C14H22ClFN2O. The first-order valence-electron chi connectivity index (χ1n) is 6.32. The number of nitrogens with zero attached hydrogens (tertiary/aromatic N) is 1. The van der Waals surface area contributed by atoms with Crippen molar-refractivity contribution in [1.82, 2.24) is 4.90 Å². The summed E-state index contributed by atoms with van der Waals surface area (Å²) in [6.07, 6.45) is 0.617. The van der Waals surface area contributed by atoms with Crippen molar-refractivity contribution in [2.75, 3.05) is 6.54 Å². The maximum atomic E-state index is 12.9.